The number of nitrogens with one attached hydrogen (secondary N) is 2. The van der Waals surface area contributed by atoms with Gasteiger partial charge in [-0.3, -0.25) is 0 Å². The standard InChI is InChI=1S/C14H28N4O2S/c1-6-17(5)8-7-16-21(19,20)14-9-13(10-15-4)18(11-14)12(2)3/h9,11-12,15-16H,6-8,10H2,1-5H3. The number of nitrogens with zero attached hydrogens (tertiary/aromatic N) is 2. The van der Waals surface area contributed by atoms with E-state index in [1.54, 1.807) is 12.3 Å². The fraction of sp³-hybridized carbons (Fsp3) is 0.714. The first-order chi connectivity index (χ1) is 9.81. The summed E-state index contributed by atoms with van der Waals surface area (Å²) in [5, 5.41) is 3.07. The third-order valence-electron chi connectivity index (χ3n) is 3.46. The molecule has 1 aromatic heterocycles. The van der Waals surface area contributed by atoms with Crippen molar-refractivity contribution in [3.05, 3.63) is 18.0 Å². The lowest BCUT2D eigenvalue weighted by Gasteiger charge is -2.13. The van der Waals surface area contributed by atoms with E-state index in [1.807, 2.05) is 39.4 Å². The molecule has 0 aliphatic heterocycles. The van der Waals surface area contributed by atoms with Crippen molar-refractivity contribution in [1.29, 1.82) is 0 Å². The Morgan fingerprint density at radius 2 is 2.05 bits per heavy atom. The zero-order valence-electron chi connectivity index (χ0n) is 13.7. The smallest absolute Gasteiger partial charge is 0.242 e. The first-order valence-corrected chi connectivity index (χ1v) is 8.83. The van der Waals surface area contributed by atoms with Crippen molar-refractivity contribution in [3.8, 4) is 0 Å². The third kappa shape index (κ3) is 5.10. The van der Waals surface area contributed by atoms with Crippen LogP contribution >= 0.6 is 0 Å². The summed E-state index contributed by atoms with van der Waals surface area (Å²) in [4.78, 5) is 2.40. The molecule has 0 radical (unpaired) electrons. The van der Waals surface area contributed by atoms with Crippen LogP contribution in [0.1, 0.15) is 32.5 Å². The van der Waals surface area contributed by atoms with Crippen molar-refractivity contribution < 1.29 is 8.42 Å². The molecule has 21 heavy (non-hydrogen) atoms. The molecule has 2 N–H and O–H groups in total. The zero-order chi connectivity index (χ0) is 16.0. The van der Waals surface area contributed by atoms with Gasteiger partial charge in [-0.1, -0.05) is 6.92 Å². The van der Waals surface area contributed by atoms with Crippen LogP contribution in [0.5, 0.6) is 0 Å². The zero-order valence-corrected chi connectivity index (χ0v) is 14.5. The monoisotopic (exact) mass is 316 g/mol. The summed E-state index contributed by atoms with van der Waals surface area (Å²) in [6, 6.07) is 1.96. The minimum atomic E-state index is -3.44. The molecule has 6 nitrogen and oxygen atoms in total. The predicted molar refractivity (Wildman–Crippen MR) is 85.9 cm³/mol. The summed E-state index contributed by atoms with van der Waals surface area (Å²) in [5.74, 6) is 0. The van der Waals surface area contributed by atoms with Crippen LogP contribution in [0.3, 0.4) is 0 Å². The summed E-state index contributed by atoms with van der Waals surface area (Å²) in [6.07, 6.45) is 1.71. The van der Waals surface area contributed by atoms with Gasteiger partial charge in [-0.15, -0.1) is 0 Å². The normalized spacial score (nSPS) is 12.5. The maximum atomic E-state index is 12.3. The third-order valence-corrected chi connectivity index (χ3v) is 4.88. The van der Waals surface area contributed by atoms with Gasteiger partial charge in [-0.25, -0.2) is 13.1 Å². The average Bonchev–Trinajstić information content (AvgIpc) is 2.83. The number of hydrogen-bond donors (Lipinski definition) is 2. The van der Waals surface area contributed by atoms with Crippen LogP contribution < -0.4 is 10.0 Å². The van der Waals surface area contributed by atoms with Crippen LogP contribution in [0.25, 0.3) is 0 Å². The van der Waals surface area contributed by atoms with Gasteiger partial charge in [-0.2, -0.15) is 0 Å². The topological polar surface area (TPSA) is 66.4 Å². The van der Waals surface area contributed by atoms with E-state index in [9.17, 15) is 8.42 Å². The molecule has 0 bridgehead atoms. The molecule has 0 aromatic carbocycles. The van der Waals surface area contributed by atoms with Gasteiger partial charge < -0.3 is 14.8 Å². The van der Waals surface area contributed by atoms with Gasteiger partial charge in [0.2, 0.25) is 10.0 Å². The summed E-state index contributed by atoms with van der Waals surface area (Å²) >= 11 is 0. The Hall–Kier alpha value is -0.890. The lowest BCUT2D eigenvalue weighted by atomic mass is 10.3. The first kappa shape index (κ1) is 18.2. The highest BCUT2D eigenvalue weighted by atomic mass is 32.2. The molecule has 0 aliphatic carbocycles. The summed E-state index contributed by atoms with van der Waals surface area (Å²) in [6.45, 7) is 8.79. The molecule has 0 spiro atoms. The molecule has 0 atom stereocenters. The van der Waals surface area contributed by atoms with Crippen LogP contribution in [0.4, 0.5) is 0 Å². The van der Waals surface area contributed by atoms with E-state index in [0.717, 1.165) is 12.2 Å². The van der Waals surface area contributed by atoms with E-state index in [1.165, 1.54) is 0 Å². The molecule has 1 heterocycles. The summed E-state index contributed by atoms with van der Waals surface area (Å²) in [5.41, 5.74) is 0.971. The van der Waals surface area contributed by atoms with E-state index in [4.69, 9.17) is 0 Å². The fourth-order valence-electron chi connectivity index (χ4n) is 2.06. The molecule has 0 aliphatic rings. The maximum absolute atomic E-state index is 12.3. The quantitative estimate of drug-likeness (QED) is 0.714. The van der Waals surface area contributed by atoms with Gasteiger partial charge in [0, 0.05) is 37.6 Å². The summed E-state index contributed by atoms with van der Waals surface area (Å²) < 4.78 is 29.3. The van der Waals surface area contributed by atoms with E-state index in [-0.39, 0.29) is 6.04 Å². The Bertz CT molecular complexity index is 537. The second kappa shape index (κ2) is 7.93. The first-order valence-electron chi connectivity index (χ1n) is 7.35. The Labute approximate surface area is 128 Å². The molecule has 0 unspecified atom stereocenters. The predicted octanol–water partition coefficient (Wildman–Crippen LogP) is 1.02. The molecule has 1 aromatic rings. The highest BCUT2D eigenvalue weighted by Gasteiger charge is 2.18. The number of hydrogen-bond acceptors (Lipinski definition) is 4. The van der Waals surface area contributed by atoms with Crippen LogP contribution in [0, 0.1) is 0 Å². The molecule has 1 rings (SSSR count). The summed E-state index contributed by atoms with van der Waals surface area (Å²) in [7, 11) is 0.376. The Balaban J connectivity index is 2.85. The van der Waals surface area contributed by atoms with Crippen LogP contribution in [-0.4, -0.2) is 51.6 Å². The number of rotatable bonds is 9. The van der Waals surface area contributed by atoms with Gasteiger partial charge >= 0.3 is 0 Å². The second-order valence-electron chi connectivity index (χ2n) is 5.49. The number of aromatic nitrogens is 1. The van der Waals surface area contributed by atoms with Gasteiger partial charge in [-0.05, 0) is 40.6 Å². The number of sulfonamides is 1. The van der Waals surface area contributed by atoms with E-state index >= 15 is 0 Å². The van der Waals surface area contributed by atoms with Crippen molar-refractivity contribution in [2.75, 3.05) is 33.7 Å². The highest BCUT2D eigenvalue weighted by molar-refractivity contribution is 7.89. The van der Waals surface area contributed by atoms with E-state index < -0.39 is 10.0 Å². The molecule has 122 valence electrons. The van der Waals surface area contributed by atoms with Gasteiger partial charge in [0.25, 0.3) is 0 Å². The lowest BCUT2D eigenvalue weighted by molar-refractivity contribution is 0.358. The minimum absolute atomic E-state index is 0.225. The number of likely N-dealkylation sites (N-methyl/N-ethyl adjacent to an activating group) is 1. The molecule has 0 amide bonds. The lowest BCUT2D eigenvalue weighted by Crippen LogP contribution is -2.32. The highest BCUT2D eigenvalue weighted by Crippen LogP contribution is 2.18. The molecule has 7 heteroatoms. The van der Waals surface area contributed by atoms with Crippen molar-refractivity contribution >= 4 is 10.0 Å². The van der Waals surface area contributed by atoms with Crippen molar-refractivity contribution in [2.24, 2.45) is 0 Å². The molecular formula is C14H28N4O2S. The van der Waals surface area contributed by atoms with Gasteiger partial charge in [0.1, 0.15) is 0 Å². The fourth-order valence-corrected chi connectivity index (χ4v) is 3.13. The Morgan fingerprint density at radius 1 is 1.38 bits per heavy atom. The molecular weight excluding hydrogens is 288 g/mol. The average molecular weight is 316 g/mol. The molecule has 0 fully saturated rings. The minimum Gasteiger partial charge on any atom is -0.346 e. The van der Waals surface area contributed by atoms with Crippen LogP contribution in [0.2, 0.25) is 0 Å². The Kier molecular flexibility index (Phi) is 6.86. The maximum Gasteiger partial charge on any atom is 0.242 e. The van der Waals surface area contributed by atoms with Crippen molar-refractivity contribution in [2.45, 2.75) is 38.3 Å². The Morgan fingerprint density at radius 3 is 2.57 bits per heavy atom. The van der Waals surface area contributed by atoms with Crippen LogP contribution in [-0.2, 0) is 16.6 Å². The van der Waals surface area contributed by atoms with Crippen molar-refractivity contribution in [3.63, 3.8) is 0 Å². The largest absolute Gasteiger partial charge is 0.346 e. The van der Waals surface area contributed by atoms with E-state index in [0.29, 0.717) is 24.5 Å². The molecule has 0 saturated heterocycles. The van der Waals surface area contributed by atoms with Gasteiger partial charge in [0.05, 0.1) is 4.90 Å². The SMILES string of the molecule is CCN(C)CCNS(=O)(=O)c1cc(CNC)n(C(C)C)c1. The second-order valence-corrected chi connectivity index (χ2v) is 7.26. The van der Waals surface area contributed by atoms with E-state index in [2.05, 4.69) is 14.9 Å². The van der Waals surface area contributed by atoms with Crippen LogP contribution in [0.15, 0.2) is 17.2 Å². The van der Waals surface area contributed by atoms with Gasteiger partial charge in [0.15, 0.2) is 0 Å². The van der Waals surface area contributed by atoms with Crippen molar-refractivity contribution in [1.82, 2.24) is 19.5 Å². The molecule has 0 saturated carbocycles.